The summed E-state index contributed by atoms with van der Waals surface area (Å²) in [5.41, 5.74) is 0. The lowest BCUT2D eigenvalue weighted by Crippen LogP contribution is -2.14. The minimum atomic E-state index is -0.243. The average Bonchev–Trinajstić information content (AvgIpc) is 2.19. The SMILES string of the molecule is CC(C)CCCOC(=O)COCCC(C)C. The lowest BCUT2D eigenvalue weighted by molar-refractivity contribution is -0.149. The Labute approximate surface area is 99.5 Å². The molecule has 0 amide bonds. The van der Waals surface area contributed by atoms with Gasteiger partial charge in [-0.3, -0.25) is 0 Å². The Kier molecular flexibility index (Phi) is 9.30. The number of hydrogen-bond acceptors (Lipinski definition) is 3. The first-order valence-electron chi connectivity index (χ1n) is 6.25. The first kappa shape index (κ1) is 15.4. The van der Waals surface area contributed by atoms with Gasteiger partial charge in [-0.05, 0) is 31.1 Å². The van der Waals surface area contributed by atoms with Crippen LogP contribution < -0.4 is 0 Å². The van der Waals surface area contributed by atoms with Crippen molar-refractivity contribution >= 4 is 5.97 Å². The lowest BCUT2D eigenvalue weighted by Gasteiger charge is -2.08. The van der Waals surface area contributed by atoms with Crippen LogP contribution in [-0.2, 0) is 14.3 Å². The molecule has 16 heavy (non-hydrogen) atoms. The Morgan fingerprint density at radius 3 is 2.19 bits per heavy atom. The van der Waals surface area contributed by atoms with E-state index in [1.807, 2.05) is 0 Å². The standard InChI is InChI=1S/C13H26O3/c1-11(2)6-5-8-16-13(14)10-15-9-7-12(3)4/h11-12H,5-10H2,1-4H3. The molecule has 0 N–H and O–H groups in total. The fourth-order valence-electron chi connectivity index (χ4n) is 1.19. The van der Waals surface area contributed by atoms with Crippen LogP contribution in [0.1, 0.15) is 47.0 Å². The van der Waals surface area contributed by atoms with Gasteiger partial charge in [0.15, 0.2) is 0 Å². The lowest BCUT2D eigenvalue weighted by atomic mass is 10.1. The van der Waals surface area contributed by atoms with Gasteiger partial charge < -0.3 is 9.47 Å². The Bertz CT molecular complexity index is 158. The molecule has 0 aromatic carbocycles. The molecule has 0 aliphatic carbocycles. The van der Waals surface area contributed by atoms with E-state index in [1.165, 1.54) is 0 Å². The average molecular weight is 230 g/mol. The van der Waals surface area contributed by atoms with Gasteiger partial charge in [-0.1, -0.05) is 27.7 Å². The van der Waals surface area contributed by atoms with Gasteiger partial charge in [-0.15, -0.1) is 0 Å². The predicted octanol–water partition coefficient (Wildman–Crippen LogP) is 3.03. The molecule has 0 atom stereocenters. The Balaban J connectivity index is 3.25. The maximum Gasteiger partial charge on any atom is 0.332 e. The highest BCUT2D eigenvalue weighted by Gasteiger charge is 2.03. The topological polar surface area (TPSA) is 35.5 Å². The molecule has 0 rings (SSSR count). The van der Waals surface area contributed by atoms with Crippen molar-refractivity contribution in [3.63, 3.8) is 0 Å². The van der Waals surface area contributed by atoms with Crippen molar-refractivity contribution in [1.82, 2.24) is 0 Å². The highest BCUT2D eigenvalue weighted by molar-refractivity contribution is 5.70. The van der Waals surface area contributed by atoms with Crippen LogP contribution >= 0.6 is 0 Å². The second-order valence-corrected chi connectivity index (χ2v) is 4.99. The zero-order valence-corrected chi connectivity index (χ0v) is 11.1. The monoisotopic (exact) mass is 230 g/mol. The van der Waals surface area contributed by atoms with E-state index in [0.717, 1.165) is 19.3 Å². The molecule has 0 unspecified atom stereocenters. The van der Waals surface area contributed by atoms with Crippen molar-refractivity contribution < 1.29 is 14.3 Å². The summed E-state index contributed by atoms with van der Waals surface area (Å²) in [5, 5.41) is 0. The molecule has 0 aromatic heterocycles. The Morgan fingerprint density at radius 1 is 1.00 bits per heavy atom. The van der Waals surface area contributed by atoms with Crippen molar-refractivity contribution in [2.24, 2.45) is 11.8 Å². The summed E-state index contributed by atoms with van der Waals surface area (Å²) in [7, 11) is 0. The van der Waals surface area contributed by atoms with E-state index in [9.17, 15) is 4.79 Å². The fourth-order valence-corrected chi connectivity index (χ4v) is 1.19. The second-order valence-electron chi connectivity index (χ2n) is 4.99. The van der Waals surface area contributed by atoms with Crippen molar-refractivity contribution in [3.8, 4) is 0 Å². The molecule has 0 saturated heterocycles. The van der Waals surface area contributed by atoms with Gasteiger partial charge in [-0.25, -0.2) is 4.79 Å². The zero-order chi connectivity index (χ0) is 12.4. The maximum atomic E-state index is 11.2. The molecule has 3 heteroatoms. The summed E-state index contributed by atoms with van der Waals surface area (Å²) < 4.78 is 10.2. The van der Waals surface area contributed by atoms with Crippen LogP contribution in [0.2, 0.25) is 0 Å². The van der Waals surface area contributed by atoms with E-state index in [-0.39, 0.29) is 12.6 Å². The van der Waals surface area contributed by atoms with Crippen molar-refractivity contribution in [2.45, 2.75) is 47.0 Å². The van der Waals surface area contributed by atoms with E-state index in [0.29, 0.717) is 25.0 Å². The summed E-state index contributed by atoms with van der Waals surface area (Å²) in [6.07, 6.45) is 3.03. The van der Waals surface area contributed by atoms with E-state index >= 15 is 0 Å². The minimum absolute atomic E-state index is 0.0917. The first-order valence-corrected chi connectivity index (χ1v) is 6.25. The van der Waals surface area contributed by atoms with E-state index < -0.39 is 0 Å². The van der Waals surface area contributed by atoms with Crippen molar-refractivity contribution in [3.05, 3.63) is 0 Å². The van der Waals surface area contributed by atoms with Gasteiger partial charge >= 0.3 is 5.97 Å². The van der Waals surface area contributed by atoms with Crippen LogP contribution in [0.25, 0.3) is 0 Å². The van der Waals surface area contributed by atoms with E-state index in [1.54, 1.807) is 0 Å². The first-order chi connectivity index (χ1) is 7.52. The number of esters is 1. The van der Waals surface area contributed by atoms with Crippen LogP contribution in [0.4, 0.5) is 0 Å². The van der Waals surface area contributed by atoms with Gasteiger partial charge in [0.25, 0.3) is 0 Å². The molecule has 0 saturated carbocycles. The molecule has 0 aromatic rings. The molecular formula is C13H26O3. The van der Waals surface area contributed by atoms with Crippen LogP contribution in [-0.4, -0.2) is 25.8 Å². The molecule has 0 aliphatic heterocycles. The zero-order valence-electron chi connectivity index (χ0n) is 11.1. The summed E-state index contributed by atoms with van der Waals surface area (Å²) >= 11 is 0. The summed E-state index contributed by atoms with van der Waals surface area (Å²) in [5.74, 6) is 1.04. The molecule has 0 spiro atoms. The van der Waals surface area contributed by atoms with Gasteiger partial charge in [0.1, 0.15) is 6.61 Å². The Hall–Kier alpha value is -0.570. The number of carbonyl (C=O) groups is 1. The molecule has 0 heterocycles. The summed E-state index contributed by atoms with van der Waals surface area (Å²) in [6, 6.07) is 0. The van der Waals surface area contributed by atoms with Crippen LogP contribution in [0.15, 0.2) is 0 Å². The highest BCUT2D eigenvalue weighted by atomic mass is 16.6. The molecule has 3 nitrogen and oxygen atoms in total. The molecule has 0 radical (unpaired) electrons. The van der Waals surface area contributed by atoms with E-state index in [2.05, 4.69) is 27.7 Å². The van der Waals surface area contributed by atoms with Crippen LogP contribution in [0.3, 0.4) is 0 Å². The van der Waals surface area contributed by atoms with Gasteiger partial charge in [-0.2, -0.15) is 0 Å². The number of hydrogen-bond donors (Lipinski definition) is 0. The molecule has 0 fully saturated rings. The van der Waals surface area contributed by atoms with E-state index in [4.69, 9.17) is 9.47 Å². The number of carbonyl (C=O) groups excluding carboxylic acids is 1. The van der Waals surface area contributed by atoms with Gasteiger partial charge in [0, 0.05) is 6.61 Å². The highest BCUT2D eigenvalue weighted by Crippen LogP contribution is 2.03. The number of rotatable bonds is 9. The third kappa shape index (κ3) is 11.5. The molecule has 0 bridgehead atoms. The summed E-state index contributed by atoms with van der Waals surface area (Å²) in [4.78, 5) is 11.2. The largest absolute Gasteiger partial charge is 0.464 e. The molecule has 0 aliphatic rings. The number of ether oxygens (including phenoxy) is 2. The molecule has 96 valence electrons. The van der Waals surface area contributed by atoms with Crippen molar-refractivity contribution in [2.75, 3.05) is 19.8 Å². The minimum Gasteiger partial charge on any atom is -0.464 e. The molecular weight excluding hydrogens is 204 g/mol. The normalized spacial score (nSPS) is 11.1. The van der Waals surface area contributed by atoms with Crippen LogP contribution in [0, 0.1) is 11.8 Å². The fraction of sp³-hybridized carbons (Fsp3) is 0.923. The second kappa shape index (κ2) is 9.64. The van der Waals surface area contributed by atoms with Crippen LogP contribution in [0.5, 0.6) is 0 Å². The summed E-state index contributed by atoms with van der Waals surface area (Å²) in [6.45, 7) is 9.84. The maximum absolute atomic E-state index is 11.2. The predicted molar refractivity (Wildman–Crippen MR) is 65.3 cm³/mol. The quantitative estimate of drug-likeness (QED) is 0.451. The third-order valence-electron chi connectivity index (χ3n) is 2.25. The van der Waals surface area contributed by atoms with Gasteiger partial charge in [0.05, 0.1) is 6.61 Å². The van der Waals surface area contributed by atoms with Gasteiger partial charge in [0.2, 0.25) is 0 Å². The smallest absolute Gasteiger partial charge is 0.332 e. The third-order valence-corrected chi connectivity index (χ3v) is 2.25. The van der Waals surface area contributed by atoms with Crippen molar-refractivity contribution in [1.29, 1.82) is 0 Å². The Morgan fingerprint density at radius 2 is 1.62 bits per heavy atom.